The minimum absolute atomic E-state index is 0.0496. The maximum absolute atomic E-state index is 11.6. The molecule has 154 valence electrons. The third-order valence-electron chi connectivity index (χ3n) is 4.35. The molecule has 0 aliphatic carbocycles. The molecule has 0 saturated heterocycles. The van der Waals surface area contributed by atoms with Crippen molar-refractivity contribution >= 4 is 11.9 Å². The summed E-state index contributed by atoms with van der Waals surface area (Å²) >= 11 is 0. The van der Waals surface area contributed by atoms with Gasteiger partial charge in [-0.05, 0) is 25.2 Å². The first-order valence-corrected chi connectivity index (χ1v) is 10.9. The second-order valence-corrected chi connectivity index (χ2v) is 7.69. The van der Waals surface area contributed by atoms with Crippen molar-refractivity contribution in [3.05, 3.63) is 0 Å². The number of carbonyl (C=O) groups is 2. The van der Waals surface area contributed by atoms with Gasteiger partial charge >= 0.3 is 11.9 Å². The van der Waals surface area contributed by atoms with Gasteiger partial charge in [-0.1, -0.05) is 78.6 Å². The molecule has 0 heterocycles. The number of hydrogen-bond donors (Lipinski definition) is 0. The summed E-state index contributed by atoms with van der Waals surface area (Å²) in [7, 11) is 0. The lowest BCUT2D eigenvalue weighted by Gasteiger charge is -2.07. The van der Waals surface area contributed by atoms with Crippen LogP contribution in [0.3, 0.4) is 0 Å². The molecule has 0 amide bonds. The Morgan fingerprint density at radius 3 is 1.65 bits per heavy atom. The minimum Gasteiger partial charge on any atom is -0.466 e. The Hall–Kier alpha value is -1.06. The van der Waals surface area contributed by atoms with Gasteiger partial charge < -0.3 is 9.47 Å². The van der Waals surface area contributed by atoms with Gasteiger partial charge in [0.25, 0.3) is 0 Å². The van der Waals surface area contributed by atoms with Crippen molar-refractivity contribution in [2.75, 3.05) is 13.2 Å². The van der Waals surface area contributed by atoms with Crippen LogP contribution in [0.25, 0.3) is 0 Å². The van der Waals surface area contributed by atoms with Crippen LogP contribution in [0.4, 0.5) is 0 Å². The Bertz CT molecular complexity index is 339. The van der Waals surface area contributed by atoms with Crippen molar-refractivity contribution in [2.24, 2.45) is 5.92 Å². The summed E-state index contributed by atoms with van der Waals surface area (Å²) in [6, 6.07) is 0. The van der Waals surface area contributed by atoms with Crippen LogP contribution >= 0.6 is 0 Å². The van der Waals surface area contributed by atoms with Gasteiger partial charge in [-0.3, -0.25) is 9.59 Å². The Morgan fingerprint density at radius 2 is 1.12 bits per heavy atom. The van der Waals surface area contributed by atoms with E-state index in [2.05, 4.69) is 6.92 Å². The van der Waals surface area contributed by atoms with E-state index in [4.69, 9.17) is 9.47 Å². The SMILES string of the molecule is CCCCCCCCOC(=O)CCCCCCCCC(=O)OCC(C)C. The van der Waals surface area contributed by atoms with E-state index in [1.54, 1.807) is 0 Å². The molecule has 0 aromatic heterocycles. The number of esters is 2. The molecule has 0 rings (SSSR count). The highest BCUT2D eigenvalue weighted by atomic mass is 16.5. The molecule has 0 aliphatic heterocycles. The van der Waals surface area contributed by atoms with Gasteiger partial charge in [-0.2, -0.15) is 0 Å². The molecule has 4 heteroatoms. The number of ether oxygens (including phenoxy) is 2. The first-order valence-electron chi connectivity index (χ1n) is 10.9. The van der Waals surface area contributed by atoms with Gasteiger partial charge in [0.2, 0.25) is 0 Å². The van der Waals surface area contributed by atoms with Gasteiger partial charge in [0.1, 0.15) is 0 Å². The number of carbonyl (C=O) groups excluding carboxylic acids is 2. The minimum atomic E-state index is -0.0770. The fraction of sp³-hybridized carbons (Fsp3) is 0.909. The lowest BCUT2D eigenvalue weighted by atomic mass is 10.1. The van der Waals surface area contributed by atoms with E-state index < -0.39 is 0 Å². The van der Waals surface area contributed by atoms with Crippen LogP contribution in [0.15, 0.2) is 0 Å². The van der Waals surface area contributed by atoms with E-state index >= 15 is 0 Å². The zero-order valence-electron chi connectivity index (χ0n) is 17.5. The quantitative estimate of drug-likeness (QED) is 0.212. The van der Waals surface area contributed by atoms with Crippen molar-refractivity contribution in [3.63, 3.8) is 0 Å². The second-order valence-electron chi connectivity index (χ2n) is 7.69. The molecule has 0 bridgehead atoms. The molecule has 0 spiro atoms. The fourth-order valence-corrected chi connectivity index (χ4v) is 2.72. The van der Waals surface area contributed by atoms with Crippen molar-refractivity contribution in [3.8, 4) is 0 Å². The monoisotopic (exact) mass is 370 g/mol. The zero-order chi connectivity index (χ0) is 19.5. The molecular formula is C22H42O4. The van der Waals surface area contributed by atoms with Crippen LogP contribution < -0.4 is 0 Å². The Morgan fingerprint density at radius 1 is 0.654 bits per heavy atom. The third-order valence-corrected chi connectivity index (χ3v) is 4.35. The van der Waals surface area contributed by atoms with E-state index in [1.807, 2.05) is 13.8 Å². The van der Waals surface area contributed by atoms with Crippen molar-refractivity contribution in [1.82, 2.24) is 0 Å². The molecule has 0 aliphatic rings. The molecule has 0 aromatic carbocycles. The summed E-state index contributed by atoms with van der Waals surface area (Å²) in [5, 5.41) is 0. The molecule has 0 aromatic rings. The van der Waals surface area contributed by atoms with E-state index in [0.717, 1.165) is 51.4 Å². The second kappa shape index (κ2) is 18.7. The molecule has 26 heavy (non-hydrogen) atoms. The number of rotatable bonds is 18. The molecule has 0 atom stereocenters. The first kappa shape index (κ1) is 24.9. The summed E-state index contributed by atoms with van der Waals surface area (Å²) in [5.74, 6) is 0.273. The molecule has 0 N–H and O–H groups in total. The van der Waals surface area contributed by atoms with Gasteiger partial charge in [-0.15, -0.1) is 0 Å². The average Bonchev–Trinajstić information content (AvgIpc) is 2.61. The maximum Gasteiger partial charge on any atom is 0.305 e. The summed E-state index contributed by atoms with van der Waals surface area (Å²) in [6.07, 6.45) is 14.5. The normalized spacial score (nSPS) is 10.9. The van der Waals surface area contributed by atoms with Gasteiger partial charge in [-0.25, -0.2) is 0 Å². The van der Waals surface area contributed by atoms with E-state index in [1.165, 1.54) is 25.7 Å². The van der Waals surface area contributed by atoms with Crippen LogP contribution in [-0.4, -0.2) is 25.2 Å². The number of unbranched alkanes of at least 4 members (excludes halogenated alkanes) is 10. The molecule has 0 radical (unpaired) electrons. The molecule has 0 fully saturated rings. The molecule has 0 unspecified atom stereocenters. The van der Waals surface area contributed by atoms with Crippen LogP contribution in [0.1, 0.15) is 111 Å². The summed E-state index contributed by atoms with van der Waals surface area (Å²) in [5.41, 5.74) is 0. The van der Waals surface area contributed by atoms with Gasteiger partial charge in [0.15, 0.2) is 0 Å². The maximum atomic E-state index is 11.6. The Labute approximate surface area is 161 Å². The fourth-order valence-electron chi connectivity index (χ4n) is 2.72. The van der Waals surface area contributed by atoms with Crippen molar-refractivity contribution < 1.29 is 19.1 Å². The van der Waals surface area contributed by atoms with Crippen LogP contribution in [-0.2, 0) is 19.1 Å². The van der Waals surface area contributed by atoms with Crippen molar-refractivity contribution in [1.29, 1.82) is 0 Å². The Kier molecular flexibility index (Phi) is 18.0. The lowest BCUT2D eigenvalue weighted by Crippen LogP contribution is -2.09. The molecular weight excluding hydrogens is 328 g/mol. The largest absolute Gasteiger partial charge is 0.466 e. The van der Waals surface area contributed by atoms with Crippen molar-refractivity contribution in [2.45, 2.75) is 111 Å². The highest BCUT2D eigenvalue weighted by molar-refractivity contribution is 5.69. The third kappa shape index (κ3) is 19.3. The smallest absolute Gasteiger partial charge is 0.305 e. The van der Waals surface area contributed by atoms with E-state index in [0.29, 0.717) is 32.0 Å². The predicted molar refractivity (Wildman–Crippen MR) is 107 cm³/mol. The van der Waals surface area contributed by atoms with Crippen LogP contribution in [0.5, 0.6) is 0 Å². The van der Waals surface area contributed by atoms with Crippen LogP contribution in [0.2, 0.25) is 0 Å². The summed E-state index contributed by atoms with van der Waals surface area (Å²) in [6.45, 7) is 7.40. The van der Waals surface area contributed by atoms with Gasteiger partial charge in [0.05, 0.1) is 13.2 Å². The summed E-state index contributed by atoms with van der Waals surface area (Å²) < 4.78 is 10.4. The van der Waals surface area contributed by atoms with Crippen LogP contribution in [0, 0.1) is 5.92 Å². The van der Waals surface area contributed by atoms with Gasteiger partial charge in [0, 0.05) is 12.8 Å². The molecule has 0 saturated carbocycles. The van der Waals surface area contributed by atoms with E-state index in [9.17, 15) is 9.59 Å². The Balaban J connectivity index is 3.26. The zero-order valence-corrected chi connectivity index (χ0v) is 17.5. The lowest BCUT2D eigenvalue weighted by molar-refractivity contribution is -0.145. The standard InChI is InChI=1S/C22H42O4/c1-4-5-6-7-12-15-18-25-21(23)16-13-10-8-9-11-14-17-22(24)26-19-20(2)3/h20H,4-19H2,1-3H3. The summed E-state index contributed by atoms with van der Waals surface area (Å²) in [4.78, 5) is 23.1. The number of hydrogen-bond acceptors (Lipinski definition) is 4. The topological polar surface area (TPSA) is 52.6 Å². The highest BCUT2D eigenvalue weighted by Gasteiger charge is 2.05. The first-order chi connectivity index (χ1) is 12.6. The highest BCUT2D eigenvalue weighted by Crippen LogP contribution is 2.10. The predicted octanol–water partition coefficient (Wildman–Crippen LogP) is 6.21. The van der Waals surface area contributed by atoms with E-state index in [-0.39, 0.29) is 11.9 Å². The average molecular weight is 371 g/mol. The molecule has 4 nitrogen and oxygen atoms in total.